The third kappa shape index (κ3) is 3.71. The van der Waals surface area contributed by atoms with Gasteiger partial charge in [0, 0.05) is 16.9 Å². The van der Waals surface area contributed by atoms with Crippen molar-refractivity contribution in [1.82, 2.24) is 24.5 Å². The van der Waals surface area contributed by atoms with Crippen molar-refractivity contribution >= 4 is 29.6 Å². The van der Waals surface area contributed by atoms with Crippen LogP contribution >= 0.6 is 11.6 Å². The van der Waals surface area contributed by atoms with Crippen LogP contribution in [0.4, 0.5) is 16.7 Å². The van der Waals surface area contributed by atoms with Crippen molar-refractivity contribution in [1.29, 1.82) is 0 Å². The summed E-state index contributed by atoms with van der Waals surface area (Å²) < 4.78 is 13.1. The van der Waals surface area contributed by atoms with E-state index in [-0.39, 0.29) is 23.4 Å². The number of hydrogen-bond donors (Lipinski definition) is 1. The van der Waals surface area contributed by atoms with Gasteiger partial charge in [-0.25, -0.2) is 14.7 Å². The summed E-state index contributed by atoms with van der Waals surface area (Å²) in [6.45, 7) is 6.67. The average Bonchev–Trinajstić information content (AvgIpc) is 3.25. The molecule has 1 atom stereocenters. The molecule has 1 aliphatic carbocycles. The fraction of sp³-hybridized carbons (Fsp3) is 0.458. The lowest BCUT2D eigenvalue weighted by Gasteiger charge is -2.42. The van der Waals surface area contributed by atoms with Crippen LogP contribution in [0.3, 0.4) is 0 Å². The maximum Gasteiger partial charge on any atom is 0.417 e. The Morgan fingerprint density at radius 1 is 1.14 bits per heavy atom. The number of aryl methyl sites for hydroxylation is 1. The number of halogens is 1. The minimum absolute atomic E-state index is 0.130. The molecule has 182 valence electrons. The molecule has 10 nitrogen and oxygen atoms in total. The number of anilines is 2. The summed E-state index contributed by atoms with van der Waals surface area (Å²) in [5, 5.41) is 4.16. The summed E-state index contributed by atoms with van der Waals surface area (Å²) in [6.07, 6.45) is 5.13. The Kier molecular flexibility index (Phi) is 5.01. The van der Waals surface area contributed by atoms with E-state index in [0.29, 0.717) is 30.0 Å². The predicted molar refractivity (Wildman–Crippen MR) is 129 cm³/mol. The van der Waals surface area contributed by atoms with E-state index < -0.39 is 11.7 Å². The van der Waals surface area contributed by atoms with Crippen LogP contribution in [0.15, 0.2) is 36.8 Å². The maximum absolute atomic E-state index is 12.9. The van der Waals surface area contributed by atoms with E-state index in [2.05, 4.69) is 39.1 Å². The fourth-order valence-corrected chi connectivity index (χ4v) is 5.14. The van der Waals surface area contributed by atoms with E-state index in [1.54, 1.807) is 18.2 Å². The van der Waals surface area contributed by atoms with E-state index in [1.807, 2.05) is 35.0 Å². The van der Waals surface area contributed by atoms with Crippen LogP contribution in [0, 0.1) is 12.8 Å². The van der Waals surface area contributed by atoms with Crippen LogP contribution in [0.5, 0.6) is 0 Å². The predicted octanol–water partition coefficient (Wildman–Crippen LogP) is 3.87. The minimum atomic E-state index is -0.647. The van der Waals surface area contributed by atoms with Gasteiger partial charge in [0.2, 0.25) is 11.9 Å². The number of imidazole rings is 1. The number of ether oxygens (including phenoxy) is 2. The second-order valence-corrected chi connectivity index (χ2v) is 10.3. The molecule has 2 aliphatic heterocycles. The lowest BCUT2D eigenvalue weighted by molar-refractivity contribution is -0.174. The normalized spacial score (nSPS) is 21.8. The summed E-state index contributed by atoms with van der Waals surface area (Å²) in [7, 11) is 0. The number of carbonyl (C=O) groups excluding carboxylic acids is 1. The van der Waals surface area contributed by atoms with E-state index >= 15 is 0 Å². The highest BCUT2D eigenvalue weighted by Crippen LogP contribution is 2.47. The monoisotopic (exact) mass is 495 g/mol. The zero-order valence-electron chi connectivity index (χ0n) is 19.7. The molecule has 3 aromatic rings. The molecule has 1 N–H and O–H groups in total. The highest BCUT2D eigenvalue weighted by molar-refractivity contribution is 6.30. The molecule has 3 aliphatic rings. The van der Waals surface area contributed by atoms with E-state index in [0.717, 1.165) is 24.2 Å². The zero-order chi connectivity index (χ0) is 24.4. The molecule has 3 fully saturated rings. The Morgan fingerprint density at radius 3 is 2.51 bits per heavy atom. The van der Waals surface area contributed by atoms with Crippen LogP contribution in [0.25, 0.3) is 5.69 Å². The number of hydrogen-bond acceptors (Lipinski definition) is 8. The van der Waals surface area contributed by atoms with Gasteiger partial charge in [-0.15, -0.1) is 0 Å². The molecule has 4 heterocycles. The summed E-state index contributed by atoms with van der Waals surface area (Å²) in [5.41, 5.74) is 0.863. The topological polar surface area (TPSA) is 107 Å². The third-order valence-electron chi connectivity index (χ3n) is 6.88. The molecule has 2 saturated heterocycles. The molecule has 1 aromatic carbocycles. The van der Waals surface area contributed by atoms with Gasteiger partial charge in [0.25, 0.3) is 0 Å². The second kappa shape index (κ2) is 7.89. The van der Waals surface area contributed by atoms with Crippen molar-refractivity contribution < 1.29 is 14.3 Å². The molecular formula is C24H26ClN7O3. The summed E-state index contributed by atoms with van der Waals surface area (Å²) in [5.74, 6) is 1.34. The largest absolute Gasteiger partial charge is 0.435 e. The van der Waals surface area contributed by atoms with Crippen LogP contribution in [-0.2, 0) is 15.0 Å². The maximum atomic E-state index is 12.9. The van der Waals surface area contributed by atoms with E-state index in [1.165, 1.54) is 0 Å². The summed E-state index contributed by atoms with van der Waals surface area (Å²) >= 11 is 6.02. The quantitative estimate of drug-likeness (QED) is 0.549. The first kappa shape index (κ1) is 22.2. The molecule has 1 saturated carbocycles. The van der Waals surface area contributed by atoms with E-state index in [4.69, 9.17) is 21.1 Å². The highest BCUT2D eigenvalue weighted by Gasteiger charge is 2.61. The summed E-state index contributed by atoms with van der Waals surface area (Å²) in [6, 6.07) is 7.38. The van der Waals surface area contributed by atoms with Gasteiger partial charge < -0.3 is 19.4 Å². The van der Waals surface area contributed by atoms with E-state index in [9.17, 15) is 4.79 Å². The third-order valence-corrected chi connectivity index (χ3v) is 7.13. The Morgan fingerprint density at radius 2 is 1.89 bits per heavy atom. The molecule has 0 bridgehead atoms. The van der Waals surface area contributed by atoms with Crippen molar-refractivity contribution in [2.75, 3.05) is 23.4 Å². The van der Waals surface area contributed by atoms with Gasteiger partial charge in [0.1, 0.15) is 5.82 Å². The van der Waals surface area contributed by atoms with Crippen molar-refractivity contribution in [3.8, 4) is 5.69 Å². The fourth-order valence-electron chi connectivity index (χ4n) is 5.02. The van der Waals surface area contributed by atoms with Gasteiger partial charge in [0.05, 0.1) is 36.8 Å². The second-order valence-electron chi connectivity index (χ2n) is 9.84. The Balaban J connectivity index is 1.28. The standard InChI is InChI=1S/C24H26ClN7O3/c1-14(2)19-24(11-34-12-24)35-22(33)32(19)21-28-15(3)27-20(29-21)30-23(8-9-23)18-10-31(13-26-18)17-6-4-16(25)5-7-17/h4-7,10,13-14,19H,8-9,11-12H2,1-3H3,(H,27,28,29,30)/t19-/m0/s1. The molecule has 1 spiro atoms. The van der Waals surface area contributed by atoms with Crippen molar-refractivity contribution in [2.45, 2.75) is 50.8 Å². The highest BCUT2D eigenvalue weighted by atomic mass is 35.5. The van der Waals surface area contributed by atoms with Crippen LogP contribution in [0.2, 0.25) is 5.02 Å². The van der Waals surface area contributed by atoms with Crippen molar-refractivity contribution in [3.05, 3.63) is 53.3 Å². The Hall–Kier alpha value is -3.24. The number of nitrogens with one attached hydrogen (secondary N) is 1. The van der Waals surface area contributed by atoms with Gasteiger partial charge in [0.15, 0.2) is 5.60 Å². The van der Waals surface area contributed by atoms with Gasteiger partial charge in [-0.05, 0) is 49.9 Å². The molecule has 11 heteroatoms. The molecular weight excluding hydrogens is 470 g/mol. The lowest BCUT2D eigenvalue weighted by atomic mass is 9.84. The first-order valence-electron chi connectivity index (χ1n) is 11.7. The van der Waals surface area contributed by atoms with Crippen LogP contribution in [0.1, 0.15) is 38.2 Å². The first-order valence-corrected chi connectivity index (χ1v) is 12.1. The number of benzene rings is 1. The molecule has 35 heavy (non-hydrogen) atoms. The van der Waals surface area contributed by atoms with Gasteiger partial charge in [-0.3, -0.25) is 0 Å². The molecule has 0 unspecified atom stereocenters. The Labute approximate surface area is 207 Å². The lowest BCUT2D eigenvalue weighted by Crippen LogP contribution is -2.61. The molecule has 1 amide bonds. The molecule has 0 radical (unpaired) electrons. The zero-order valence-corrected chi connectivity index (χ0v) is 20.5. The average molecular weight is 496 g/mol. The SMILES string of the molecule is Cc1nc(NC2(c3cn(-c4ccc(Cl)cc4)cn3)CC2)nc(N2C(=O)OC3(COC3)[C@@H]2C(C)C)n1. The number of carbonyl (C=O) groups is 1. The van der Waals surface area contributed by atoms with Gasteiger partial charge in [-0.2, -0.15) is 15.0 Å². The Bertz CT molecular complexity index is 1280. The number of nitrogens with zero attached hydrogens (tertiary/aromatic N) is 6. The molecule has 2 aromatic heterocycles. The van der Waals surface area contributed by atoms with Crippen LogP contribution < -0.4 is 10.2 Å². The van der Waals surface area contributed by atoms with Gasteiger partial charge >= 0.3 is 6.09 Å². The van der Waals surface area contributed by atoms with Crippen LogP contribution in [-0.4, -0.2) is 55.5 Å². The number of aromatic nitrogens is 5. The molecule has 6 rings (SSSR count). The minimum Gasteiger partial charge on any atom is -0.435 e. The summed E-state index contributed by atoms with van der Waals surface area (Å²) in [4.78, 5) is 32.8. The van der Waals surface area contributed by atoms with Crippen molar-refractivity contribution in [2.24, 2.45) is 5.92 Å². The smallest absolute Gasteiger partial charge is 0.417 e. The van der Waals surface area contributed by atoms with Gasteiger partial charge in [-0.1, -0.05) is 25.4 Å². The first-order chi connectivity index (χ1) is 16.8. The number of amides is 1. The van der Waals surface area contributed by atoms with Crippen molar-refractivity contribution in [3.63, 3.8) is 0 Å². The number of rotatable bonds is 6.